The van der Waals surface area contributed by atoms with Gasteiger partial charge in [0.1, 0.15) is 5.78 Å². The van der Waals surface area contributed by atoms with Crippen LogP contribution in [0.5, 0.6) is 0 Å². The lowest BCUT2D eigenvalue weighted by Crippen LogP contribution is -2.09. The number of aliphatic carboxylic acids is 1. The zero-order valence-corrected chi connectivity index (χ0v) is 19.0. The second-order valence-corrected chi connectivity index (χ2v) is 8.85. The molecule has 0 unspecified atom stereocenters. The van der Waals surface area contributed by atoms with Gasteiger partial charge in [0.05, 0.1) is 0 Å². The number of ketones is 1. The summed E-state index contributed by atoms with van der Waals surface area (Å²) < 4.78 is 0. The molecule has 0 aromatic rings. The molecule has 0 radical (unpaired) electrons. The first kappa shape index (κ1) is 27.1. The minimum atomic E-state index is -0.807. The molecule has 1 N–H and O–H groups in total. The van der Waals surface area contributed by atoms with Crippen molar-refractivity contribution in [2.45, 2.75) is 142 Å². The lowest BCUT2D eigenvalue weighted by molar-refractivity contribution is -0.138. The Bertz CT molecular complexity index is 365. The van der Waals surface area contributed by atoms with Crippen LogP contribution in [0.3, 0.4) is 0 Å². The van der Waals surface area contributed by atoms with Gasteiger partial charge < -0.3 is 5.11 Å². The molecule has 1 atom stereocenters. The van der Waals surface area contributed by atoms with Gasteiger partial charge in [0.2, 0.25) is 0 Å². The maximum Gasteiger partial charge on any atom is 0.303 e. The Morgan fingerprint density at radius 2 is 0.964 bits per heavy atom. The van der Waals surface area contributed by atoms with Crippen LogP contribution >= 0.6 is 0 Å². The molecule has 3 nitrogen and oxygen atoms in total. The minimum Gasteiger partial charge on any atom is -0.481 e. The lowest BCUT2D eigenvalue weighted by Gasteiger charge is -2.07. The first-order valence-electron chi connectivity index (χ1n) is 12.3. The standard InChI is InChI=1S/C25H48O3/c1-3-4-5-6-7-8-9-10-11-12-13-14-15-16-17-18-19-20-24(26)21-23(2)22-25(27)28/h23H,3-22H2,1-2H3,(H,27,28)/t23-/m0/s1. The molecule has 0 aromatic carbocycles. The van der Waals surface area contributed by atoms with E-state index >= 15 is 0 Å². The van der Waals surface area contributed by atoms with Gasteiger partial charge in [-0.3, -0.25) is 9.59 Å². The molecule has 0 amide bonds. The van der Waals surface area contributed by atoms with Crippen molar-refractivity contribution in [3.05, 3.63) is 0 Å². The summed E-state index contributed by atoms with van der Waals surface area (Å²) in [5.41, 5.74) is 0. The van der Waals surface area contributed by atoms with Gasteiger partial charge in [0.25, 0.3) is 0 Å². The number of carbonyl (C=O) groups excluding carboxylic acids is 1. The number of Topliss-reactive ketones (excluding diaryl/α,β-unsaturated/α-hetero) is 1. The van der Waals surface area contributed by atoms with Gasteiger partial charge in [-0.2, -0.15) is 0 Å². The first-order chi connectivity index (χ1) is 13.6. The Morgan fingerprint density at radius 1 is 0.607 bits per heavy atom. The molecule has 0 aliphatic heterocycles. The van der Waals surface area contributed by atoms with Gasteiger partial charge in [0.15, 0.2) is 0 Å². The fourth-order valence-corrected chi connectivity index (χ4v) is 3.91. The highest BCUT2D eigenvalue weighted by Gasteiger charge is 2.12. The summed E-state index contributed by atoms with van der Waals surface area (Å²) in [5, 5.41) is 8.72. The number of carbonyl (C=O) groups is 2. The number of carboxylic acid groups (broad SMARTS) is 1. The third kappa shape index (κ3) is 21.4. The fourth-order valence-electron chi connectivity index (χ4n) is 3.91. The molecule has 3 heteroatoms. The van der Waals surface area contributed by atoms with E-state index in [1.807, 2.05) is 6.92 Å². The van der Waals surface area contributed by atoms with Gasteiger partial charge in [-0.15, -0.1) is 0 Å². The molecule has 0 saturated carbocycles. The molecule has 0 heterocycles. The van der Waals surface area contributed by atoms with Gasteiger partial charge in [-0.25, -0.2) is 0 Å². The molecule has 0 rings (SSSR count). The molecule has 166 valence electrons. The summed E-state index contributed by atoms with van der Waals surface area (Å²) >= 11 is 0. The molecular weight excluding hydrogens is 348 g/mol. The van der Waals surface area contributed by atoms with Crippen molar-refractivity contribution in [3.63, 3.8) is 0 Å². The molecule has 28 heavy (non-hydrogen) atoms. The number of carboxylic acids is 1. The van der Waals surface area contributed by atoms with E-state index in [1.54, 1.807) is 0 Å². The number of hydrogen-bond donors (Lipinski definition) is 1. The van der Waals surface area contributed by atoms with E-state index in [4.69, 9.17) is 5.11 Å². The van der Waals surface area contributed by atoms with Crippen molar-refractivity contribution in [1.29, 1.82) is 0 Å². The first-order valence-corrected chi connectivity index (χ1v) is 12.3. The lowest BCUT2D eigenvalue weighted by atomic mass is 9.98. The van der Waals surface area contributed by atoms with E-state index in [0.717, 1.165) is 12.8 Å². The van der Waals surface area contributed by atoms with Crippen molar-refractivity contribution < 1.29 is 14.7 Å². The minimum absolute atomic E-state index is 0.0317. The van der Waals surface area contributed by atoms with Crippen LogP contribution in [0.2, 0.25) is 0 Å². The molecule has 0 saturated heterocycles. The van der Waals surface area contributed by atoms with Crippen molar-refractivity contribution >= 4 is 11.8 Å². The molecule has 0 spiro atoms. The monoisotopic (exact) mass is 396 g/mol. The van der Waals surface area contributed by atoms with Gasteiger partial charge in [-0.1, -0.05) is 117 Å². The highest BCUT2D eigenvalue weighted by Crippen LogP contribution is 2.15. The number of hydrogen-bond acceptors (Lipinski definition) is 2. The van der Waals surface area contributed by atoms with Gasteiger partial charge in [0, 0.05) is 19.3 Å². The second kappa shape index (κ2) is 20.9. The van der Waals surface area contributed by atoms with Crippen LogP contribution in [0.15, 0.2) is 0 Å². The molecule has 0 bridgehead atoms. The average molecular weight is 397 g/mol. The quantitative estimate of drug-likeness (QED) is 0.188. The molecular formula is C25H48O3. The average Bonchev–Trinajstić information content (AvgIpc) is 2.63. The summed E-state index contributed by atoms with van der Waals surface area (Å²) in [4.78, 5) is 22.4. The van der Waals surface area contributed by atoms with Crippen LogP contribution in [0.25, 0.3) is 0 Å². The van der Waals surface area contributed by atoms with Crippen molar-refractivity contribution in [1.82, 2.24) is 0 Å². The SMILES string of the molecule is CCCCCCCCCCCCCCCCCCCC(=O)C[C@H](C)CC(=O)O. The van der Waals surface area contributed by atoms with Crippen LogP contribution in [0.4, 0.5) is 0 Å². The number of rotatable bonds is 22. The van der Waals surface area contributed by atoms with Crippen LogP contribution in [0.1, 0.15) is 142 Å². The Balaban J connectivity index is 3.19. The normalized spacial score (nSPS) is 12.2. The highest BCUT2D eigenvalue weighted by molar-refractivity contribution is 5.79. The summed E-state index contributed by atoms with van der Waals surface area (Å²) in [6.45, 7) is 4.12. The van der Waals surface area contributed by atoms with E-state index in [-0.39, 0.29) is 18.1 Å². The van der Waals surface area contributed by atoms with Crippen molar-refractivity contribution in [3.8, 4) is 0 Å². The zero-order chi connectivity index (χ0) is 20.9. The Kier molecular flexibility index (Phi) is 20.2. The van der Waals surface area contributed by atoms with Crippen LogP contribution in [0, 0.1) is 5.92 Å². The molecule has 0 aromatic heterocycles. The van der Waals surface area contributed by atoms with E-state index in [1.165, 1.54) is 96.3 Å². The molecule has 0 aliphatic rings. The Labute approximate surface area is 175 Å². The van der Waals surface area contributed by atoms with Crippen molar-refractivity contribution in [2.24, 2.45) is 5.92 Å². The maximum atomic E-state index is 11.8. The Morgan fingerprint density at radius 3 is 1.32 bits per heavy atom. The summed E-state index contributed by atoms with van der Waals surface area (Å²) in [5.74, 6) is -0.608. The predicted molar refractivity (Wildman–Crippen MR) is 120 cm³/mol. The van der Waals surface area contributed by atoms with Gasteiger partial charge in [-0.05, 0) is 12.3 Å². The van der Waals surface area contributed by atoms with Crippen LogP contribution in [-0.4, -0.2) is 16.9 Å². The van der Waals surface area contributed by atoms with E-state index < -0.39 is 5.97 Å². The summed E-state index contributed by atoms with van der Waals surface area (Å²) in [6.07, 6.45) is 24.0. The van der Waals surface area contributed by atoms with Crippen molar-refractivity contribution in [2.75, 3.05) is 0 Å². The molecule has 0 aliphatic carbocycles. The summed E-state index contributed by atoms with van der Waals surface area (Å²) in [7, 11) is 0. The summed E-state index contributed by atoms with van der Waals surface area (Å²) in [6, 6.07) is 0. The second-order valence-electron chi connectivity index (χ2n) is 8.85. The fraction of sp³-hybridized carbons (Fsp3) is 0.920. The number of unbranched alkanes of at least 4 members (excludes halogenated alkanes) is 16. The maximum absolute atomic E-state index is 11.8. The smallest absolute Gasteiger partial charge is 0.303 e. The predicted octanol–water partition coefficient (Wildman–Crippen LogP) is 8.10. The third-order valence-electron chi connectivity index (χ3n) is 5.66. The van der Waals surface area contributed by atoms with Gasteiger partial charge >= 0.3 is 5.97 Å². The van der Waals surface area contributed by atoms with E-state index in [9.17, 15) is 9.59 Å². The molecule has 0 fully saturated rings. The Hall–Kier alpha value is -0.860. The third-order valence-corrected chi connectivity index (χ3v) is 5.66. The van der Waals surface area contributed by atoms with Crippen LogP contribution in [-0.2, 0) is 9.59 Å². The van der Waals surface area contributed by atoms with Crippen LogP contribution < -0.4 is 0 Å². The topological polar surface area (TPSA) is 54.4 Å². The zero-order valence-electron chi connectivity index (χ0n) is 19.0. The largest absolute Gasteiger partial charge is 0.481 e. The van der Waals surface area contributed by atoms with E-state index in [0.29, 0.717) is 12.8 Å². The van der Waals surface area contributed by atoms with E-state index in [2.05, 4.69) is 6.92 Å². The highest BCUT2D eigenvalue weighted by atomic mass is 16.4.